The fourth-order valence-corrected chi connectivity index (χ4v) is 2.54. The Kier molecular flexibility index (Phi) is 7.16. The fraction of sp³-hybridized carbons (Fsp3) is 0.600. The quantitative estimate of drug-likeness (QED) is 0.817. The molecule has 0 aliphatic rings. The molecule has 0 saturated heterocycles. The number of nitrogens with one attached hydrogen (secondary N) is 1. The number of rotatable bonds is 7. The Morgan fingerprint density at radius 2 is 1.89 bits per heavy atom. The molecule has 0 fully saturated rings. The number of benzene rings is 1. The lowest BCUT2D eigenvalue weighted by atomic mass is 10.0. The van der Waals surface area contributed by atoms with E-state index in [0.29, 0.717) is 12.0 Å². The van der Waals surface area contributed by atoms with E-state index < -0.39 is 0 Å². The topological polar surface area (TPSA) is 15.3 Å². The summed E-state index contributed by atoms with van der Waals surface area (Å²) in [6.45, 7) is 6.27. The fourth-order valence-electron chi connectivity index (χ4n) is 2.17. The highest BCUT2D eigenvalue weighted by molar-refractivity contribution is 6.33. The second-order valence-corrected chi connectivity index (χ2v) is 6.55. The van der Waals surface area contributed by atoms with Crippen LogP contribution in [0.2, 0.25) is 10.0 Å². The molecule has 2 nitrogen and oxygen atoms in total. The smallest absolute Gasteiger partial charge is 0.0451 e. The van der Waals surface area contributed by atoms with Gasteiger partial charge in [0.2, 0.25) is 0 Å². The molecule has 0 amide bonds. The molecule has 108 valence electrons. The summed E-state index contributed by atoms with van der Waals surface area (Å²) in [6.07, 6.45) is 1.15. The van der Waals surface area contributed by atoms with Crippen molar-refractivity contribution in [3.8, 4) is 0 Å². The molecule has 1 aromatic carbocycles. The molecule has 0 bridgehead atoms. The standard InChI is InChI=1S/C15H24Cl2N2/c1-11(2)7-14(10-19(3)4)18-9-12-8-13(16)5-6-15(12)17/h5-6,8,11,14,18H,7,9-10H2,1-4H3. The monoisotopic (exact) mass is 302 g/mol. The highest BCUT2D eigenvalue weighted by Crippen LogP contribution is 2.20. The number of likely N-dealkylation sites (N-methyl/N-ethyl adjacent to an activating group) is 1. The van der Waals surface area contributed by atoms with E-state index >= 15 is 0 Å². The van der Waals surface area contributed by atoms with Crippen LogP contribution in [0.25, 0.3) is 0 Å². The second-order valence-electron chi connectivity index (χ2n) is 5.71. The maximum atomic E-state index is 6.18. The predicted molar refractivity (Wildman–Crippen MR) is 85.1 cm³/mol. The largest absolute Gasteiger partial charge is 0.309 e. The van der Waals surface area contributed by atoms with Crippen molar-refractivity contribution in [3.05, 3.63) is 33.8 Å². The molecule has 19 heavy (non-hydrogen) atoms. The highest BCUT2D eigenvalue weighted by Gasteiger charge is 2.12. The average Bonchev–Trinajstić information content (AvgIpc) is 2.28. The Bertz CT molecular complexity index is 382. The molecule has 1 aromatic rings. The van der Waals surface area contributed by atoms with Gasteiger partial charge < -0.3 is 10.2 Å². The van der Waals surface area contributed by atoms with Crippen molar-refractivity contribution in [2.75, 3.05) is 20.6 Å². The summed E-state index contributed by atoms with van der Waals surface area (Å²) in [7, 11) is 4.20. The molecule has 0 saturated carbocycles. The first kappa shape index (κ1) is 16.8. The third-order valence-electron chi connectivity index (χ3n) is 2.93. The summed E-state index contributed by atoms with van der Waals surface area (Å²) in [5, 5.41) is 5.08. The summed E-state index contributed by atoms with van der Waals surface area (Å²) in [6, 6.07) is 6.06. The molecule has 0 radical (unpaired) electrons. The second kappa shape index (κ2) is 8.11. The van der Waals surface area contributed by atoms with Crippen molar-refractivity contribution in [1.82, 2.24) is 10.2 Å². The van der Waals surface area contributed by atoms with Gasteiger partial charge in [0, 0.05) is 29.2 Å². The number of hydrogen-bond acceptors (Lipinski definition) is 2. The van der Waals surface area contributed by atoms with E-state index in [2.05, 4.69) is 38.2 Å². The van der Waals surface area contributed by atoms with Crippen molar-refractivity contribution in [2.24, 2.45) is 5.92 Å². The normalized spacial score (nSPS) is 13.3. The van der Waals surface area contributed by atoms with Gasteiger partial charge >= 0.3 is 0 Å². The first-order valence-corrected chi connectivity index (χ1v) is 7.46. The molecule has 1 N–H and O–H groups in total. The van der Waals surface area contributed by atoms with E-state index in [4.69, 9.17) is 23.2 Å². The lowest BCUT2D eigenvalue weighted by molar-refractivity contribution is 0.305. The van der Waals surface area contributed by atoms with Crippen LogP contribution < -0.4 is 5.32 Å². The van der Waals surface area contributed by atoms with E-state index in [0.717, 1.165) is 35.1 Å². The van der Waals surface area contributed by atoms with Crippen LogP contribution in [0.15, 0.2) is 18.2 Å². The summed E-state index contributed by atoms with van der Waals surface area (Å²) in [5.74, 6) is 0.673. The van der Waals surface area contributed by atoms with Crippen LogP contribution in [0.3, 0.4) is 0 Å². The van der Waals surface area contributed by atoms with Gasteiger partial charge in [0.05, 0.1) is 0 Å². The Balaban J connectivity index is 2.61. The SMILES string of the molecule is CC(C)CC(CN(C)C)NCc1cc(Cl)ccc1Cl. The Labute approximate surface area is 127 Å². The number of nitrogens with zero attached hydrogens (tertiary/aromatic N) is 1. The Morgan fingerprint density at radius 3 is 2.47 bits per heavy atom. The van der Waals surface area contributed by atoms with E-state index in [-0.39, 0.29) is 0 Å². The first-order valence-electron chi connectivity index (χ1n) is 6.70. The minimum atomic E-state index is 0.463. The maximum absolute atomic E-state index is 6.18. The summed E-state index contributed by atoms with van der Waals surface area (Å²) in [5.41, 5.74) is 1.06. The molecule has 1 atom stereocenters. The summed E-state index contributed by atoms with van der Waals surface area (Å²) >= 11 is 12.2. The van der Waals surface area contributed by atoms with Crippen LogP contribution in [0.1, 0.15) is 25.8 Å². The van der Waals surface area contributed by atoms with Gasteiger partial charge in [0.25, 0.3) is 0 Å². The van der Waals surface area contributed by atoms with Crippen LogP contribution in [0.4, 0.5) is 0 Å². The van der Waals surface area contributed by atoms with Crippen molar-refractivity contribution in [2.45, 2.75) is 32.9 Å². The third-order valence-corrected chi connectivity index (χ3v) is 3.53. The minimum Gasteiger partial charge on any atom is -0.309 e. The minimum absolute atomic E-state index is 0.463. The lowest BCUT2D eigenvalue weighted by Gasteiger charge is -2.24. The molecule has 0 aliphatic heterocycles. The lowest BCUT2D eigenvalue weighted by Crippen LogP contribution is -2.38. The Morgan fingerprint density at radius 1 is 1.21 bits per heavy atom. The van der Waals surface area contributed by atoms with Crippen LogP contribution >= 0.6 is 23.2 Å². The molecular formula is C15H24Cl2N2. The van der Waals surface area contributed by atoms with Crippen molar-refractivity contribution >= 4 is 23.2 Å². The molecule has 0 spiro atoms. The van der Waals surface area contributed by atoms with E-state index in [1.807, 2.05) is 18.2 Å². The third kappa shape index (κ3) is 6.62. The van der Waals surface area contributed by atoms with E-state index in [1.165, 1.54) is 0 Å². The van der Waals surface area contributed by atoms with E-state index in [1.54, 1.807) is 0 Å². The zero-order valence-corrected chi connectivity index (χ0v) is 13.7. The molecule has 0 aliphatic carbocycles. The maximum Gasteiger partial charge on any atom is 0.0451 e. The molecule has 0 heterocycles. The van der Waals surface area contributed by atoms with Crippen molar-refractivity contribution in [1.29, 1.82) is 0 Å². The molecule has 1 unspecified atom stereocenters. The molecule has 1 rings (SSSR count). The van der Waals surface area contributed by atoms with Crippen LogP contribution in [0, 0.1) is 5.92 Å². The number of hydrogen-bond donors (Lipinski definition) is 1. The zero-order chi connectivity index (χ0) is 14.4. The molecule has 4 heteroatoms. The van der Waals surface area contributed by atoms with Gasteiger partial charge in [0.1, 0.15) is 0 Å². The van der Waals surface area contributed by atoms with Crippen molar-refractivity contribution < 1.29 is 0 Å². The highest BCUT2D eigenvalue weighted by atomic mass is 35.5. The van der Waals surface area contributed by atoms with Gasteiger partial charge in [-0.15, -0.1) is 0 Å². The van der Waals surface area contributed by atoms with Crippen LogP contribution in [-0.2, 0) is 6.54 Å². The average molecular weight is 303 g/mol. The summed E-state index contributed by atoms with van der Waals surface area (Å²) < 4.78 is 0. The number of halogens is 2. The van der Waals surface area contributed by atoms with Crippen LogP contribution in [0.5, 0.6) is 0 Å². The van der Waals surface area contributed by atoms with Gasteiger partial charge in [-0.25, -0.2) is 0 Å². The van der Waals surface area contributed by atoms with E-state index in [9.17, 15) is 0 Å². The predicted octanol–water partition coefficient (Wildman–Crippen LogP) is 4.06. The summed E-state index contributed by atoms with van der Waals surface area (Å²) in [4.78, 5) is 2.21. The van der Waals surface area contributed by atoms with Gasteiger partial charge in [-0.05, 0) is 50.2 Å². The van der Waals surface area contributed by atoms with Gasteiger partial charge in [-0.2, -0.15) is 0 Å². The zero-order valence-electron chi connectivity index (χ0n) is 12.2. The Hall–Kier alpha value is -0.280. The van der Waals surface area contributed by atoms with Crippen LogP contribution in [-0.4, -0.2) is 31.6 Å². The van der Waals surface area contributed by atoms with Gasteiger partial charge in [-0.3, -0.25) is 0 Å². The first-order chi connectivity index (χ1) is 8.88. The molecular weight excluding hydrogens is 279 g/mol. The van der Waals surface area contributed by atoms with Crippen molar-refractivity contribution in [3.63, 3.8) is 0 Å². The molecule has 0 aromatic heterocycles. The van der Waals surface area contributed by atoms with Gasteiger partial charge in [-0.1, -0.05) is 37.0 Å². The van der Waals surface area contributed by atoms with Gasteiger partial charge in [0.15, 0.2) is 0 Å².